The largest absolute Gasteiger partial charge is 0.387 e. The summed E-state index contributed by atoms with van der Waals surface area (Å²) in [5.41, 5.74) is 5.11. The highest BCUT2D eigenvalue weighted by Gasteiger charge is 2.16. The second kappa shape index (κ2) is 8.13. The molecule has 0 amide bonds. The van der Waals surface area contributed by atoms with E-state index >= 15 is 0 Å². The maximum absolute atomic E-state index is 10.2. The van der Waals surface area contributed by atoms with E-state index in [1.807, 2.05) is 36.5 Å². The Kier molecular flexibility index (Phi) is 5.54. The molecule has 30 heavy (non-hydrogen) atoms. The van der Waals surface area contributed by atoms with Crippen molar-refractivity contribution < 1.29 is 5.11 Å². The standard InChI is InChI=1S/C25H26ClN3O/c1-16(19-5-4-12-27-14-19)29-24-21-13-18(8-11-23(21)28-15-22(24)26)17-6-9-20(10-7-17)25(2,3)30/h4-11,13-16,27,30H,12H2,1-3H3,(H,28,29). The molecule has 2 aromatic carbocycles. The molecule has 0 bridgehead atoms. The van der Waals surface area contributed by atoms with Gasteiger partial charge in [0.25, 0.3) is 0 Å². The quantitative estimate of drug-likeness (QED) is 0.502. The van der Waals surface area contributed by atoms with Crippen LogP contribution in [-0.4, -0.2) is 22.7 Å². The van der Waals surface area contributed by atoms with Crippen molar-refractivity contribution in [1.82, 2.24) is 10.3 Å². The van der Waals surface area contributed by atoms with Gasteiger partial charge in [0.1, 0.15) is 0 Å². The summed E-state index contributed by atoms with van der Waals surface area (Å²) >= 11 is 6.55. The SMILES string of the molecule is CC(Nc1c(Cl)cnc2ccc(-c3ccc(C(C)(C)O)cc3)cc12)C1=CNCC=C1. The van der Waals surface area contributed by atoms with E-state index in [0.29, 0.717) is 5.02 Å². The van der Waals surface area contributed by atoms with Gasteiger partial charge < -0.3 is 15.7 Å². The summed E-state index contributed by atoms with van der Waals surface area (Å²) in [7, 11) is 0. The van der Waals surface area contributed by atoms with Crippen molar-refractivity contribution in [2.75, 3.05) is 11.9 Å². The topological polar surface area (TPSA) is 57.2 Å². The summed E-state index contributed by atoms with van der Waals surface area (Å²) in [5.74, 6) is 0. The van der Waals surface area contributed by atoms with E-state index in [2.05, 4.69) is 46.8 Å². The molecule has 4 rings (SSSR count). The molecule has 1 aromatic heterocycles. The molecule has 0 aliphatic carbocycles. The van der Waals surface area contributed by atoms with Gasteiger partial charge >= 0.3 is 0 Å². The van der Waals surface area contributed by atoms with E-state index in [1.54, 1.807) is 20.0 Å². The molecular formula is C25H26ClN3O. The lowest BCUT2D eigenvalue weighted by molar-refractivity contribution is 0.0786. The third kappa shape index (κ3) is 4.20. The van der Waals surface area contributed by atoms with Crippen molar-refractivity contribution in [1.29, 1.82) is 0 Å². The molecule has 1 atom stereocenters. The predicted molar refractivity (Wildman–Crippen MR) is 126 cm³/mol. The molecule has 2 heterocycles. The number of aromatic nitrogens is 1. The second-order valence-electron chi connectivity index (χ2n) is 8.17. The number of aliphatic hydroxyl groups is 1. The minimum absolute atomic E-state index is 0.0897. The molecule has 1 unspecified atom stereocenters. The Hall–Kier alpha value is -2.82. The van der Waals surface area contributed by atoms with Crippen molar-refractivity contribution in [3.63, 3.8) is 0 Å². The number of hydrogen-bond acceptors (Lipinski definition) is 4. The van der Waals surface area contributed by atoms with Gasteiger partial charge in [-0.1, -0.05) is 54.1 Å². The van der Waals surface area contributed by atoms with Crippen molar-refractivity contribution in [3.05, 3.63) is 83.2 Å². The number of nitrogens with one attached hydrogen (secondary N) is 2. The van der Waals surface area contributed by atoms with Crippen LogP contribution < -0.4 is 10.6 Å². The molecule has 154 valence electrons. The van der Waals surface area contributed by atoms with Gasteiger partial charge in [0.05, 0.1) is 27.9 Å². The van der Waals surface area contributed by atoms with Gasteiger partial charge in [-0.05, 0) is 55.2 Å². The first-order valence-corrected chi connectivity index (χ1v) is 10.5. The summed E-state index contributed by atoms with van der Waals surface area (Å²) in [6, 6.07) is 14.3. The smallest absolute Gasteiger partial charge is 0.0840 e. The Balaban J connectivity index is 1.72. The highest BCUT2D eigenvalue weighted by molar-refractivity contribution is 6.34. The number of pyridine rings is 1. The maximum Gasteiger partial charge on any atom is 0.0840 e. The van der Waals surface area contributed by atoms with Gasteiger partial charge in [-0.2, -0.15) is 0 Å². The summed E-state index contributed by atoms with van der Waals surface area (Å²) in [6.45, 7) is 6.55. The molecule has 0 radical (unpaired) electrons. The van der Waals surface area contributed by atoms with Crippen molar-refractivity contribution in [2.45, 2.75) is 32.4 Å². The van der Waals surface area contributed by atoms with E-state index in [0.717, 1.165) is 39.8 Å². The molecule has 1 aliphatic heterocycles. The molecule has 0 saturated carbocycles. The molecule has 3 aromatic rings. The second-order valence-corrected chi connectivity index (χ2v) is 8.58. The fourth-order valence-corrected chi connectivity index (χ4v) is 3.83. The van der Waals surface area contributed by atoms with Crippen LogP contribution in [0.2, 0.25) is 5.02 Å². The zero-order chi connectivity index (χ0) is 21.3. The van der Waals surface area contributed by atoms with Crippen LogP contribution in [0.1, 0.15) is 26.3 Å². The maximum atomic E-state index is 10.2. The first kappa shape index (κ1) is 20.5. The number of benzene rings is 2. The van der Waals surface area contributed by atoms with Gasteiger partial charge in [-0.15, -0.1) is 0 Å². The predicted octanol–water partition coefficient (Wildman–Crippen LogP) is 5.63. The van der Waals surface area contributed by atoms with Crippen LogP contribution in [0.5, 0.6) is 0 Å². The normalized spacial score (nSPS) is 14.9. The number of hydrogen-bond donors (Lipinski definition) is 3. The molecule has 0 saturated heterocycles. The Morgan fingerprint density at radius 1 is 1.13 bits per heavy atom. The molecule has 4 nitrogen and oxygen atoms in total. The highest BCUT2D eigenvalue weighted by Crippen LogP contribution is 2.34. The summed E-state index contributed by atoms with van der Waals surface area (Å²) in [6.07, 6.45) is 7.96. The Labute approximate surface area is 182 Å². The molecule has 0 spiro atoms. The number of nitrogens with zero attached hydrogens (tertiary/aromatic N) is 1. The highest BCUT2D eigenvalue weighted by atomic mass is 35.5. The summed E-state index contributed by atoms with van der Waals surface area (Å²) < 4.78 is 0. The van der Waals surface area contributed by atoms with E-state index in [-0.39, 0.29) is 6.04 Å². The molecule has 0 fully saturated rings. The number of dihydropyridines is 1. The molecule has 5 heteroatoms. The van der Waals surface area contributed by atoms with E-state index < -0.39 is 5.60 Å². The summed E-state index contributed by atoms with van der Waals surface area (Å²) in [4.78, 5) is 4.50. The number of halogens is 1. The zero-order valence-corrected chi connectivity index (χ0v) is 18.2. The minimum atomic E-state index is -0.857. The van der Waals surface area contributed by atoms with Crippen molar-refractivity contribution >= 4 is 28.2 Å². The van der Waals surface area contributed by atoms with Crippen molar-refractivity contribution in [3.8, 4) is 11.1 Å². The Morgan fingerprint density at radius 2 is 1.87 bits per heavy atom. The molecule has 3 N–H and O–H groups in total. The van der Waals surface area contributed by atoms with Crippen LogP contribution in [0.3, 0.4) is 0 Å². The van der Waals surface area contributed by atoms with Gasteiger partial charge in [0, 0.05) is 24.3 Å². The summed E-state index contributed by atoms with van der Waals surface area (Å²) in [5, 5.41) is 18.6. The minimum Gasteiger partial charge on any atom is -0.387 e. The van der Waals surface area contributed by atoms with Gasteiger partial charge in [-0.3, -0.25) is 4.98 Å². The first-order chi connectivity index (χ1) is 14.3. The zero-order valence-electron chi connectivity index (χ0n) is 17.4. The number of anilines is 1. The van der Waals surface area contributed by atoms with Gasteiger partial charge in [-0.25, -0.2) is 0 Å². The van der Waals surface area contributed by atoms with Gasteiger partial charge in [0.2, 0.25) is 0 Å². The molecular weight excluding hydrogens is 394 g/mol. The third-order valence-electron chi connectivity index (χ3n) is 5.42. The lowest BCUT2D eigenvalue weighted by atomic mass is 9.95. The van der Waals surface area contributed by atoms with Crippen LogP contribution in [0, 0.1) is 0 Å². The van der Waals surface area contributed by atoms with Crippen LogP contribution in [-0.2, 0) is 5.60 Å². The molecule has 1 aliphatic rings. The third-order valence-corrected chi connectivity index (χ3v) is 5.71. The van der Waals surface area contributed by atoms with Crippen LogP contribution in [0.15, 0.2) is 72.6 Å². The van der Waals surface area contributed by atoms with Crippen LogP contribution in [0.25, 0.3) is 22.0 Å². The van der Waals surface area contributed by atoms with E-state index in [4.69, 9.17) is 11.6 Å². The average Bonchev–Trinajstić information content (AvgIpc) is 2.75. The Bertz CT molecular complexity index is 1130. The first-order valence-electron chi connectivity index (χ1n) is 10.1. The monoisotopic (exact) mass is 419 g/mol. The fourth-order valence-electron chi connectivity index (χ4n) is 3.62. The lowest BCUT2D eigenvalue weighted by Crippen LogP contribution is -2.22. The lowest BCUT2D eigenvalue weighted by Gasteiger charge is -2.21. The van der Waals surface area contributed by atoms with E-state index in [1.165, 1.54) is 5.57 Å². The van der Waals surface area contributed by atoms with Crippen LogP contribution in [0.4, 0.5) is 5.69 Å². The van der Waals surface area contributed by atoms with Crippen molar-refractivity contribution in [2.24, 2.45) is 0 Å². The average molecular weight is 420 g/mol. The number of fused-ring (bicyclic) bond motifs is 1. The van der Waals surface area contributed by atoms with E-state index in [9.17, 15) is 5.11 Å². The van der Waals surface area contributed by atoms with Crippen LogP contribution >= 0.6 is 11.6 Å². The van der Waals surface area contributed by atoms with Gasteiger partial charge in [0.15, 0.2) is 0 Å². The fraction of sp³-hybridized carbons (Fsp3) is 0.240. The number of rotatable bonds is 5. The Morgan fingerprint density at radius 3 is 2.53 bits per heavy atom.